The number of rotatable bonds is 7. The molecule has 1 aromatic heterocycles. The van der Waals surface area contributed by atoms with E-state index in [4.69, 9.17) is 9.84 Å². The van der Waals surface area contributed by atoms with Crippen molar-refractivity contribution < 1.29 is 14.6 Å². The van der Waals surface area contributed by atoms with E-state index in [1.54, 1.807) is 36.0 Å². The van der Waals surface area contributed by atoms with Gasteiger partial charge in [0, 0.05) is 11.4 Å². The van der Waals surface area contributed by atoms with Crippen LogP contribution in [0.1, 0.15) is 28.2 Å². The zero-order valence-electron chi connectivity index (χ0n) is 12.0. The molecule has 1 aromatic carbocycles. The minimum atomic E-state index is -0.929. The minimum Gasteiger partial charge on any atom is -0.494 e. The third kappa shape index (κ3) is 4.53. The lowest BCUT2D eigenvalue weighted by Gasteiger charge is -2.05. The highest BCUT2D eigenvalue weighted by Crippen LogP contribution is 2.17. The van der Waals surface area contributed by atoms with Crippen LogP contribution in [0.4, 0.5) is 0 Å². The summed E-state index contributed by atoms with van der Waals surface area (Å²) in [6.45, 7) is 4.59. The van der Waals surface area contributed by atoms with Crippen LogP contribution in [-0.4, -0.2) is 33.4 Å². The number of aromatic carboxylic acids is 1. The molecule has 0 aliphatic carbocycles. The monoisotopic (exact) mass is 306 g/mol. The first-order chi connectivity index (χ1) is 10.1. The van der Waals surface area contributed by atoms with Crippen molar-refractivity contribution in [2.45, 2.75) is 25.4 Å². The van der Waals surface area contributed by atoms with Gasteiger partial charge in [0.1, 0.15) is 5.75 Å². The molecular weight excluding hydrogens is 288 g/mol. The molecule has 21 heavy (non-hydrogen) atoms. The van der Waals surface area contributed by atoms with Crippen LogP contribution in [0.15, 0.2) is 29.4 Å². The SMILES string of the molecule is Cc1nc(SCCCOc2ccc(C(=O)O)cc2)[nH]c1C. The number of ether oxygens (including phenoxy) is 1. The predicted molar refractivity (Wildman–Crippen MR) is 82.3 cm³/mol. The van der Waals surface area contributed by atoms with Gasteiger partial charge in [0.05, 0.1) is 17.9 Å². The third-order valence-electron chi connectivity index (χ3n) is 3.00. The van der Waals surface area contributed by atoms with Crippen molar-refractivity contribution in [2.75, 3.05) is 12.4 Å². The number of hydrogen-bond donors (Lipinski definition) is 2. The van der Waals surface area contributed by atoms with Crippen LogP contribution in [0.3, 0.4) is 0 Å². The van der Waals surface area contributed by atoms with E-state index in [9.17, 15) is 4.79 Å². The second-order valence-corrected chi connectivity index (χ2v) is 5.72. The molecule has 0 atom stereocenters. The molecule has 0 saturated heterocycles. The number of imidazole rings is 1. The van der Waals surface area contributed by atoms with Gasteiger partial charge in [-0.05, 0) is 44.5 Å². The Balaban J connectivity index is 1.68. The van der Waals surface area contributed by atoms with Crippen LogP contribution in [0.25, 0.3) is 0 Å². The first kappa shape index (κ1) is 15.4. The molecule has 0 spiro atoms. The van der Waals surface area contributed by atoms with E-state index in [1.165, 1.54) is 0 Å². The van der Waals surface area contributed by atoms with Crippen LogP contribution in [0, 0.1) is 13.8 Å². The number of thioether (sulfide) groups is 1. The lowest BCUT2D eigenvalue weighted by Crippen LogP contribution is -2.00. The number of nitrogens with zero attached hydrogens (tertiary/aromatic N) is 1. The van der Waals surface area contributed by atoms with Gasteiger partial charge in [-0.3, -0.25) is 0 Å². The second-order valence-electron chi connectivity index (χ2n) is 4.63. The Labute approximate surface area is 127 Å². The molecule has 0 aliphatic rings. The van der Waals surface area contributed by atoms with Gasteiger partial charge < -0.3 is 14.8 Å². The molecule has 0 bridgehead atoms. The van der Waals surface area contributed by atoms with E-state index in [1.807, 2.05) is 13.8 Å². The normalized spacial score (nSPS) is 10.6. The number of aromatic amines is 1. The van der Waals surface area contributed by atoms with Crippen molar-refractivity contribution in [3.8, 4) is 5.75 Å². The lowest BCUT2D eigenvalue weighted by atomic mass is 10.2. The summed E-state index contributed by atoms with van der Waals surface area (Å²) in [6, 6.07) is 6.44. The molecule has 2 N–H and O–H groups in total. The molecular formula is C15H18N2O3S. The van der Waals surface area contributed by atoms with E-state index in [0.29, 0.717) is 12.4 Å². The maximum atomic E-state index is 10.7. The van der Waals surface area contributed by atoms with Gasteiger partial charge in [-0.2, -0.15) is 0 Å². The number of carbonyl (C=O) groups is 1. The molecule has 1 heterocycles. The van der Waals surface area contributed by atoms with Crippen molar-refractivity contribution in [1.82, 2.24) is 9.97 Å². The molecule has 0 amide bonds. The van der Waals surface area contributed by atoms with Crippen molar-refractivity contribution in [3.63, 3.8) is 0 Å². The largest absolute Gasteiger partial charge is 0.494 e. The van der Waals surface area contributed by atoms with Crippen molar-refractivity contribution in [3.05, 3.63) is 41.2 Å². The van der Waals surface area contributed by atoms with E-state index in [2.05, 4.69) is 9.97 Å². The topological polar surface area (TPSA) is 75.2 Å². The van der Waals surface area contributed by atoms with Crippen LogP contribution < -0.4 is 4.74 Å². The smallest absolute Gasteiger partial charge is 0.335 e. The summed E-state index contributed by atoms with van der Waals surface area (Å²) in [5.74, 6) is 0.677. The number of carboxylic acids is 1. The van der Waals surface area contributed by atoms with Gasteiger partial charge in [0.2, 0.25) is 0 Å². The Hall–Kier alpha value is -1.95. The Bertz CT molecular complexity index is 588. The lowest BCUT2D eigenvalue weighted by molar-refractivity contribution is 0.0697. The van der Waals surface area contributed by atoms with Gasteiger partial charge >= 0.3 is 5.97 Å². The molecule has 2 aromatic rings. The highest BCUT2D eigenvalue weighted by atomic mass is 32.2. The summed E-state index contributed by atoms with van der Waals surface area (Å²) >= 11 is 1.67. The summed E-state index contributed by atoms with van der Waals surface area (Å²) in [6.07, 6.45) is 0.893. The summed E-state index contributed by atoms with van der Waals surface area (Å²) in [4.78, 5) is 18.3. The fourth-order valence-electron chi connectivity index (χ4n) is 1.69. The molecule has 112 valence electrons. The number of nitrogens with one attached hydrogen (secondary N) is 1. The van der Waals surface area contributed by atoms with E-state index >= 15 is 0 Å². The molecule has 0 radical (unpaired) electrons. The molecule has 5 nitrogen and oxygen atoms in total. The number of aromatic nitrogens is 2. The number of carboxylic acid groups (broad SMARTS) is 1. The fraction of sp³-hybridized carbons (Fsp3) is 0.333. The molecule has 6 heteroatoms. The number of aryl methyl sites for hydroxylation is 2. The molecule has 0 unspecified atom stereocenters. The van der Waals surface area contributed by atoms with Gasteiger partial charge in [-0.15, -0.1) is 0 Å². The van der Waals surface area contributed by atoms with Crippen LogP contribution in [-0.2, 0) is 0 Å². The Morgan fingerprint density at radius 1 is 1.33 bits per heavy atom. The zero-order chi connectivity index (χ0) is 15.2. The zero-order valence-corrected chi connectivity index (χ0v) is 12.9. The van der Waals surface area contributed by atoms with Crippen LogP contribution in [0.5, 0.6) is 5.75 Å². The average Bonchev–Trinajstić information content (AvgIpc) is 2.78. The quantitative estimate of drug-likeness (QED) is 0.606. The van der Waals surface area contributed by atoms with Crippen LogP contribution in [0.2, 0.25) is 0 Å². The summed E-state index contributed by atoms with van der Waals surface area (Å²) in [7, 11) is 0. The van der Waals surface area contributed by atoms with E-state index < -0.39 is 5.97 Å². The summed E-state index contributed by atoms with van der Waals surface area (Å²) in [5, 5.41) is 9.74. The van der Waals surface area contributed by atoms with E-state index in [0.717, 1.165) is 28.7 Å². The Morgan fingerprint density at radius 3 is 2.62 bits per heavy atom. The van der Waals surface area contributed by atoms with Gasteiger partial charge in [0.25, 0.3) is 0 Å². The number of benzene rings is 1. The van der Waals surface area contributed by atoms with E-state index in [-0.39, 0.29) is 5.56 Å². The first-order valence-corrected chi connectivity index (χ1v) is 7.67. The Kier molecular flexibility index (Phi) is 5.27. The Morgan fingerprint density at radius 2 is 2.05 bits per heavy atom. The standard InChI is InChI=1S/C15H18N2O3S/c1-10-11(2)17-15(16-10)21-9-3-8-20-13-6-4-12(5-7-13)14(18)19/h4-7H,3,8-9H2,1-2H3,(H,16,17)(H,18,19). The highest BCUT2D eigenvalue weighted by Gasteiger charge is 2.04. The molecule has 0 saturated carbocycles. The minimum absolute atomic E-state index is 0.265. The van der Waals surface area contributed by atoms with Crippen molar-refractivity contribution in [1.29, 1.82) is 0 Å². The molecule has 2 rings (SSSR count). The number of H-pyrrole nitrogens is 1. The van der Waals surface area contributed by atoms with Gasteiger partial charge in [-0.1, -0.05) is 11.8 Å². The van der Waals surface area contributed by atoms with Crippen molar-refractivity contribution in [2.24, 2.45) is 0 Å². The fourth-order valence-corrected chi connectivity index (χ4v) is 2.58. The first-order valence-electron chi connectivity index (χ1n) is 6.68. The summed E-state index contributed by atoms with van der Waals surface area (Å²) < 4.78 is 5.57. The molecule has 0 aliphatic heterocycles. The third-order valence-corrected chi connectivity index (χ3v) is 3.96. The van der Waals surface area contributed by atoms with Crippen molar-refractivity contribution >= 4 is 17.7 Å². The maximum absolute atomic E-state index is 10.7. The maximum Gasteiger partial charge on any atom is 0.335 e. The predicted octanol–water partition coefficient (Wildman–Crippen LogP) is 3.29. The highest BCUT2D eigenvalue weighted by molar-refractivity contribution is 7.99. The average molecular weight is 306 g/mol. The second kappa shape index (κ2) is 7.17. The van der Waals surface area contributed by atoms with Gasteiger partial charge in [-0.25, -0.2) is 9.78 Å². The van der Waals surface area contributed by atoms with Crippen LogP contribution >= 0.6 is 11.8 Å². The summed E-state index contributed by atoms with van der Waals surface area (Å²) in [5.41, 5.74) is 2.40. The molecule has 0 fully saturated rings. The van der Waals surface area contributed by atoms with Gasteiger partial charge in [0.15, 0.2) is 5.16 Å². The number of hydrogen-bond acceptors (Lipinski definition) is 4.